The Kier molecular flexibility index (Phi) is 5.26. The van der Waals surface area contributed by atoms with Crippen molar-refractivity contribution < 1.29 is 14.6 Å². The quantitative estimate of drug-likeness (QED) is 0.654. The summed E-state index contributed by atoms with van der Waals surface area (Å²) >= 11 is 0. The summed E-state index contributed by atoms with van der Waals surface area (Å²) in [6.07, 6.45) is 0.193. The molecule has 0 saturated heterocycles. The molecule has 1 rings (SSSR count). The Morgan fingerprint density at radius 3 is 2.72 bits per heavy atom. The van der Waals surface area contributed by atoms with Crippen LogP contribution in [0, 0.1) is 11.3 Å². The van der Waals surface area contributed by atoms with Crippen molar-refractivity contribution in [1.29, 1.82) is 5.26 Å². The van der Waals surface area contributed by atoms with E-state index >= 15 is 0 Å². The lowest BCUT2D eigenvalue weighted by Gasteiger charge is -2.18. The first kappa shape index (κ1) is 13.6. The average Bonchev–Trinajstić information content (AvgIpc) is 2.39. The summed E-state index contributed by atoms with van der Waals surface area (Å²) in [5, 5.41) is 17.8. The van der Waals surface area contributed by atoms with Crippen LogP contribution in [0.3, 0.4) is 0 Å². The van der Waals surface area contributed by atoms with Crippen LogP contribution < -0.4 is 0 Å². The van der Waals surface area contributed by atoms with Gasteiger partial charge in [-0.15, -0.1) is 0 Å². The minimum atomic E-state index is -0.689. The molecule has 1 aromatic rings. The Labute approximate surface area is 106 Å². The van der Waals surface area contributed by atoms with Gasteiger partial charge in [0.25, 0.3) is 0 Å². The van der Waals surface area contributed by atoms with E-state index in [0.29, 0.717) is 0 Å². The maximum absolute atomic E-state index is 11.7. The number of rotatable bonds is 4. The number of amides is 1. The van der Waals surface area contributed by atoms with E-state index in [-0.39, 0.29) is 13.2 Å². The third-order valence-corrected chi connectivity index (χ3v) is 2.21. The second-order valence-corrected chi connectivity index (χ2v) is 3.42. The fourth-order valence-electron chi connectivity index (χ4n) is 1.32. The summed E-state index contributed by atoms with van der Waals surface area (Å²) in [4.78, 5) is 12.6. The van der Waals surface area contributed by atoms with E-state index in [2.05, 4.69) is 0 Å². The topological polar surface area (TPSA) is 73.6 Å². The first-order valence-corrected chi connectivity index (χ1v) is 5.46. The molecule has 0 saturated carbocycles. The van der Waals surface area contributed by atoms with Crippen LogP contribution in [-0.2, 0) is 11.3 Å². The first-order valence-electron chi connectivity index (χ1n) is 5.46. The van der Waals surface area contributed by atoms with E-state index in [1.54, 1.807) is 13.0 Å². The Balaban J connectivity index is 2.59. The summed E-state index contributed by atoms with van der Waals surface area (Å²) in [5.41, 5.74) is 0.852. The highest BCUT2D eigenvalue weighted by atomic mass is 16.6. The molecule has 18 heavy (non-hydrogen) atoms. The molecule has 0 heterocycles. The molecular formula is C13H14N2O3. The van der Waals surface area contributed by atoms with Crippen molar-refractivity contribution in [3.8, 4) is 6.07 Å². The van der Waals surface area contributed by atoms with Gasteiger partial charge in [0.1, 0.15) is 6.61 Å². The zero-order valence-corrected chi connectivity index (χ0v) is 10.0. The predicted octanol–water partition coefficient (Wildman–Crippen LogP) is 2.57. The number of hydrogen-bond donors (Lipinski definition) is 1. The van der Waals surface area contributed by atoms with E-state index in [0.717, 1.165) is 16.5 Å². The average molecular weight is 246 g/mol. The van der Waals surface area contributed by atoms with Gasteiger partial charge in [0.2, 0.25) is 5.88 Å². The van der Waals surface area contributed by atoms with Crippen molar-refractivity contribution >= 4 is 6.09 Å². The zero-order chi connectivity index (χ0) is 13.4. The Hall–Kier alpha value is -2.48. The summed E-state index contributed by atoms with van der Waals surface area (Å²) in [6.45, 7) is 2.01. The zero-order valence-electron chi connectivity index (χ0n) is 10.0. The van der Waals surface area contributed by atoms with Crippen LogP contribution in [0.1, 0.15) is 12.5 Å². The second kappa shape index (κ2) is 6.97. The fraction of sp³-hybridized carbons (Fsp3) is 0.231. The number of nitrogens with zero attached hydrogens (tertiary/aromatic N) is 2. The molecule has 5 nitrogen and oxygen atoms in total. The van der Waals surface area contributed by atoms with Gasteiger partial charge >= 0.3 is 6.09 Å². The number of allylic oxidation sites excluding steroid dienone is 1. The lowest BCUT2D eigenvalue weighted by Crippen LogP contribution is -2.30. The molecule has 0 fully saturated rings. The van der Waals surface area contributed by atoms with E-state index in [1.165, 1.54) is 0 Å². The van der Waals surface area contributed by atoms with Crippen LogP contribution in [0.5, 0.6) is 0 Å². The van der Waals surface area contributed by atoms with E-state index < -0.39 is 12.0 Å². The van der Waals surface area contributed by atoms with Crippen molar-refractivity contribution in [2.24, 2.45) is 0 Å². The number of hydrogen-bond acceptors (Lipinski definition) is 4. The van der Waals surface area contributed by atoms with Gasteiger partial charge in [-0.2, -0.15) is 5.26 Å². The maximum Gasteiger partial charge on any atom is 0.416 e. The number of ether oxygens (including phenoxy) is 1. The van der Waals surface area contributed by atoms with Crippen LogP contribution >= 0.6 is 0 Å². The number of nitriles is 1. The van der Waals surface area contributed by atoms with Gasteiger partial charge in [0.15, 0.2) is 0 Å². The highest BCUT2D eigenvalue weighted by molar-refractivity contribution is 5.69. The second-order valence-electron chi connectivity index (χ2n) is 3.42. The van der Waals surface area contributed by atoms with E-state index in [1.807, 2.05) is 30.3 Å². The van der Waals surface area contributed by atoms with Crippen molar-refractivity contribution in [3.05, 3.63) is 47.9 Å². The molecule has 0 aromatic heterocycles. The molecule has 0 aliphatic rings. The SMILES string of the molecule is CCN(C(=O)OCc1ccccc1)/C(O)=C\C#N. The monoisotopic (exact) mass is 246 g/mol. The molecule has 94 valence electrons. The van der Waals surface area contributed by atoms with Gasteiger partial charge in [0.05, 0.1) is 12.1 Å². The van der Waals surface area contributed by atoms with Crippen LogP contribution in [0.4, 0.5) is 4.79 Å². The number of aliphatic hydroxyl groups excluding tert-OH is 1. The normalized spacial score (nSPS) is 10.6. The third kappa shape index (κ3) is 3.83. The molecule has 0 aliphatic carbocycles. The van der Waals surface area contributed by atoms with Gasteiger partial charge in [-0.3, -0.25) is 0 Å². The minimum absolute atomic E-state index is 0.121. The first-order chi connectivity index (χ1) is 8.69. The molecule has 1 aromatic carbocycles. The summed E-state index contributed by atoms with van der Waals surface area (Å²) in [6, 6.07) is 10.9. The summed E-state index contributed by atoms with van der Waals surface area (Å²) in [5.74, 6) is -0.418. The molecule has 0 aliphatic heterocycles. The molecule has 0 atom stereocenters. The lowest BCUT2D eigenvalue weighted by atomic mass is 10.2. The smallest absolute Gasteiger partial charge is 0.416 e. The van der Waals surface area contributed by atoms with Crippen molar-refractivity contribution in [3.63, 3.8) is 0 Å². The molecule has 5 heteroatoms. The van der Waals surface area contributed by atoms with Crippen LogP contribution in [0.2, 0.25) is 0 Å². The highest BCUT2D eigenvalue weighted by Gasteiger charge is 2.16. The molecule has 0 spiro atoms. The van der Waals surface area contributed by atoms with Crippen molar-refractivity contribution in [1.82, 2.24) is 4.90 Å². The summed E-state index contributed by atoms with van der Waals surface area (Å²) in [7, 11) is 0. The molecule has 0 radical (unpaired) electrons. The fourth-order valence-corrected chi connectivity index (χ4v) is 1.32. The molecule has 0 unspecified atom stereocenters. The predicted molar refractivity (Wildman–Crippen MR) is 65.3 cm³/mol. The van der Waals surface area contributed by atoms with Crippen LogP contribution in [-0.4, -0.2) is 22.6 Å². The van der Waals surface area contributed by atoms with Gasteiger partial charge < -0.3 is 9.84 Å². The largest absolute Gasteiger partial charge is 0.494 e. The number of carbonyl (C=O) groups is 1. The highest BCUT2D eigenvalue weighted by Crippen LogP contribution is 2.06. The number of carbonyl (C=O) groups excluding carboxylic acids is 1. The van der Waals surface area contributed by atoms with Crippen LogP contribution in [0.25, 0.3) is 0 Å². The Morgan fingerprint density at radius 2 is 2.17 bits per heavy atom. The lowest BCUT2D eigenvalue weighted by molar-refractivity contribution is 0.0914. The van der Waals surface area contributed by atoms with Crippen molar-refractivity contribution in [2.45, 2.75) is 13.5 Å². The van der Waals surface area contributed by atoms with E-state index in [9.17, 15) is 9.90 Å². The van der Waals surface area contributed by atoms with E-state index in [4.69, 9.17) is 10.00 Å². The van der Waals surface area contributed by atoms with Gasteiger partial charge in [-0.05, 0) is 12.5 Å². The minimum Gasteiger partial charge on any atom is -0.494 e. The molecule has 0 bridgehead atoms. The van der Waals surface area contributed by atoms with Gasteiger partial charge in [-0.25, -0.2) is 9.69 Å². The summed E-state index contributed by atoms with van der Waals surface area (Å²) < 4.78 is 5.03. The number of benzene rings is 1. The van der Waals surface area contributed by atoms with Crippen LogP contribution in [0.15, 0.2) is 42.3 Å². The number of aliphatic hydroxyl groups is 1. The molecule has 1 amide bonds. The Morgan fingerprint density at radius 1 is 1.50 bits per heavy atom. The van der Waals surface area contributed by atoms with Gasteiger partial charge in [-0.1, -0.05) is 30.3 Å². The standard InChI is InChI=1S/C13H14N2O3/c1-2-15(12(16)8-9-14)13(17)18-10-11-6-4-3-5-7-11/h3-8,16H,2,10H2,1H3/b12-8+. The molecule has 1 N–H and O–H groups in total. The van der Waals surface area contributed by atoms with Gasteiger partial charge in [0, 0.05) is 6.54 Å². The third-order valence-electron chi connectivity index (χ3n) is 2.21. The van der Waals surface area contributed by atoms with Crippen molar-refractivity contribution in [2.75, 3.05) is 6.54 Å². The maximum atomic E-state index is 11.7. The molecular weight excluding hydrogens is 232 g/mol. The Bertz CT molecular complexity index is 463.